The van der Waals surface area contributed by atoms with Crippen molar-refractivity contribution in [1.29, 1.82) is 0 Å². The van der Waals surface area contributed by atoms with E-state index in [0.29, 0.717) is 27.3 Å². The molecule has 1 aliphatic heterocycles. The number of nitrogens with zero attached hydrogens (tertiary/aromatic N) is 1. The number of carbonyl (C=O) groups is 2. The Hall–Kier alpha value is -3.62. The van der Waals surface area contributed by atoms with Crippen LogP contribution in [0.5, 0.6) is 11.5 Å². The number of thioether (sulfide) groups is 1. The van der Waals surface area contributed by atoms with Gasteiger partial charge < -0.3 is 14.8 Å². The van der Waals surface area contributed by atoms with Crippen LogP contribution in [0.2, 0.25) is 0 Å². The normalized spacial score (nSPS) is 14.2. The molecule has 1 heterocycles. The molecule has 8 heteroatoms. The molecular weight excluding hydrogens is 516 g/mol. The van der Waals surface area contributed by atoms with Crippen molar-refractivity contribution in [1.82, 2.24) is 0 Å². The standard InChI is InChI=1S/C30H30N2O4S2/c1-6-35-26-15-22(8-10-25(26)36-17-28(33)31-23-13-19(3)11-20(4)14-23)16-27-29(34)32(30(37)38-27)24-9-7-18(2)12-21(24)5/h7-16H,6,17H2,1-5H3,(H,31,33)/b27-16-. The predicted molar refractivity (Wildman–Crippen MR) is 159 cm³/mol. The second-order valence-electron chi connectivity index (χ2n) is 9.16. The third-order valence-corrected chi connectivity index (χ3v) is 7.12. The van der Waals surface area contributed by atoms with Crippen molar-refractivity contribution in [3.05, 3.63) is 87.3 Å². The Morgan fingerprint density at radius 1 is 0.947 bits per heavy atom. The Balaban J connectivity index is 1.49. The number of hydrogen-bond acceptors (Lipinski definition) is 6. The van der Waals surface area contributed by atoms with Crippen molar-refractivity contribution in [3.63, 3.8) is 0 Å². The molecule has 0 aliphatic carbocycles. The minimum atomic E-state index is -0.267. The summed E-state index contributed by atoms with van der Waals surface area (Å²) in [6, 6.07) is 17.2. The second-order valence-corrected chi connectivity index (χ2v) is 10.8. The number of amides is 2. The maximum atomic E-state index is 13.3. The summed E-state index contributed by atoms with van der Waals surface area (Å²) in [5, 5.41) is 2.87. The van der Waals surface area contributed by atoms with Crippen LogP contribution in [-0.4, -0.2) is 29.3 Å². The summed E-state index contributed by atoms with van der Waals surface area (Å²) >= 11 is 6.81. The fourth-order valence-corrected chi connectivity index (χ4v) is 5.56. The van der Waals surface area contributed by atoms with Crippen LogP contribution in [0.1, 0.15) is 34.7 Å². The number of ether oxygens (including phenoxy) is 2. The summed E-state index contributed by atoms with van der Waals surface area (Å²) in [4.78, 5) is 27.8. The van der Waals surface area contributed by atoms with E-state index in [2.05, 4.69) is 5.32 Å². The maximum Gasteiger partial charge on any atom is 0.270 e. The predicted octanol–water partition coefficient (Wildman–Crippen LogP) is 6.74. The largest absolute Gasteiger partial charge is 0.490 e. The summed E-state index contributed by atoms with van der Waals surface area (Å²) in [6.07, 6.45) is 1.79. The van der Waals surface area contributed by atoms with Gasteiger partial charge in [-0.2, -0.15) is 0 Å². The van der Waals surface area contributed by atoms with Crippen LogP contribution in [-0.2, 0) is 9.59 Å². The second kappa shape index (κ2) is 11.8. The first-order valence-electron chi connectivity index (χ1n) is 12.3. The number of carbonyl (C=O) groups excluding carboxylic acids is 2. The lowest BCUT2D eigenvalue weighted by Crippen LogP contribution is -2.28. The molecule has 3 aromatic carbocycles. The topological polar surface area (TPSA) is 67.9 Å². The van der Waals surface area contributed by atoms with E-state index in [1.54, 1.807) is 23.1 Å². The molecule has 38 heavy (non-hydrogen) atoms. The van der Waals surface area contributed by atoms with Crippen LogP contribution in [0.4, 0.5) is 11.4 Å². The van der Waals surface area contributed by atoms with E-state index >= 15 is 0 Å². The van der Waals surface area contributed by atoms with Gasteiger partial charge in [-0.1, -0.05) is 53.8 Å². The Labute approximate surface area is 233 Å². The maximum absolute atomic E-state index is 13.3. The monoisotopic (exact) mass is 546 g/mol. The number of anilines is 2. The van der Waals surface area contributed by atoms with Crippen LogP contribution >= 0.6 is 24.0 Å². The summed E-state index contributed by atoms with van der Waals surface area (Å²) in [5.41, 5.74) is 6.54. The molecule has 1 N–H and O–H groups in total. The molecule has 6 nitrogen and oxygen atoms in total. The Kier molecular flexibility index (Phi) is 8.54. The zero-order valence-corrected chi connectivity index (χ0v) is 23.7. The number of thiocarbonyl (C=S) groups is 1. The molecule has 0 spiro atoms. The Morgan fingerprint density at radius 3 is 2.37 bits per heavy atom. The first kappa shape index (κ1) is 27.4. The number of aryl methyl sites for hydroxylation is 4. The number of nitrogens with one attached hydrogen (secondary N) is 1. The van der Waals surface area contributed by atoms with Gasteiger partial charge in [-0.05, 0) is 93.3 Å². The van der Waals surface area contributed by atoms with Gasteiger partial charge in [0, 0.05) is 5.69 Å². The van der Waals surface area contributed by atoms with Gasteiger partial charge in [0.05, 0.1) is 17.2 Å². The molecule has 0 aromatic heterocycles. The molecule has 1 saturated heterocycles. The molecule has 4 rings (SSSR count). The average Bonchev–Trinajstić information content (AvgIpc) is 3.11. The lowest BCUT2D eigenvalue weighted by molar-refractivity contribution is -0.118. The average molecular weight is 547 g/mol. The van der Waals surface area contributed by atoms with Gasteiger partial charge in [0.2, 0.25) is 0 Å². The summed E-state index contributed by atoms with van der Waals surface area (Å²) in [7, 11) is 0. The van der Waals surface area contributed by atoms with Gasteiger partial charge in [-0.15, -0.1) is 0 Å². The van der Waals surface area contributed by atoms with Crippen molar-refractivity contribution in [2.75, 3.05) is 23.4 Å². The molecule has 0 radical (unpaired) electrons. The first-order valence-corrected chi connectivity index (χ1v) is 13.5. The van der Waals surface area contributed by atoms with Gasteiger partial charge in [0.25, 0.3) is 11.8 Å². The molecule has 1 aliphatic rings. The highest BCUT2D eigenvalue weighted by Gasteiger charge is 2.34. The van der Waals surface area contributed by atoms with Crippen LogP contribution in [0.25, 0.3) is 6.08 Å². The summed E-state index contributed by atoms with van der Waals surface area (Å²) in [6.45, 7) is 10.1. The lowest BCUT2D eigenvalue weighted by Gasteiger charge is -2.17. The first-order chi connectivity index (χ1) is 18.1. The lowest BCUT2D eigenvalue weighted by atomic mass is 10.1. The van der Waals surface area contributed by atoms with E-state index in [4.69, 9.17) is 21.7 Å². The van der Waals surface area contributed by atoms with E-state index in [-0.39, 0.29) is 18.4 Å². The van der Waals surface area contributed by atoms with Gasteiger partial charge in [0.1, 0.15) is 0 Å². The van der Waals surface area contributed by atoms with Crippen LogP contribution in [0.3, 0.4) is 0 Å². The van der Waals surface area contributed by atoms with Crippen molar-refractivity contribution < 1.29 is 19.1 Å². The summed E-state index contributed by atoms with van der Waals surface area (Å²) < 4.78 is 12.1. The minimum absolute atomic E-state index is 0.159. The van der Waals surface area contributed by atoms with E-state index in [1.165, 1.54) is 11.8 Å². The third-order valence-electron chi connectivity index (χ3n) is 5.82. The van der Waals surface area contributed by atoms with E-state index in [0.717, 1.165) is 39.2 Å². The van der Waals surface area contributed by atoms with Crippen molar-refractivity contribution in [2.45, 2.75) is 34.6 Å². The van der Waals surface area contributed by atoms with E-state index < -0.39 is 0 Å². The zero-order valence-electron chi connectivity index (χ0n) is 22.1. The number of rotatable bonds is 8. The highest BCUT2D eigenvalue weighted by Crippen LogP contribution is 2.38. The molecule has 3 aromatic rings. The smallest absolute Gasteiger partial charge is 0.270 e. The van der Waals surface area contributed by atoms with Crippen molar-refractivity contribution in [3.8, 4) is 11.5 Å². The molecule has 0 unspecified atom stereocenters. The highest BCUT2D eigenvalue weighted by atomic mass is 32.2. The molecule has 0 atom stereocenters. The van der Waals surface area contributed by atoms with Gasteiger partial charge in [-0.3, -0.25) is 14.5 Å². The Bertz CT molecular complexity index is 1430. The fraction of sp³-hybridized carbons (Fsp3) is 0.233. The fourth-order valence-electron chi connectivity index (χ4n) is 4.27. The van der Waals surface area contributed by atoms with Gasteiger partial charge in [-0.25, -0.2) is 0 Å². The molecule has 0 bridgehead atoms. The number of hydrogen-bond donors (Lipinski definition) is 1. The molecule has 2 amide bonds. The third kappa shape index (κ3) is 6.44. The van der Waals surface area contributed by atoms with Crippen LogP contribution < -0.4 is 19.7 Å². The van der Waals surface area contributed by atoms with Crippen molar-refractivity contribution in [2.24, 2.45) is 0 Å². The van der Waals surface area contributed by atoms with Gasteiger partial charge >= 0.3 is 0 Å². The quantitative estimate of drug-likeness (QED) is 0.249. The molecule has 1 fully saturated rings. The Morgan fingerprint density at radius 2 is 1.68 bits per heavy atom. The number of benzene rings is 3. The van der Waals surface area contributed by atoms with E-state index in [1.807, 2.05) is 77.1 Å². The van der Waals surface area contributed by atoms with Gasteiger partial charge in [0.15, 0.2) is 22.4 Å². The summed E-state index contributed by atoms with van der Waals surface area (Å²) in [5.74, 6) is 0.512. The zero-order chi connectivity index (χ0) is 27.4. The van der Waals surface area contributed by atoms with Crippen molar-refractivity contribution >= 4 is 57.6 Å². The minimum Gasteiger partial charge on any atom is -0.490 e. The highest BCUT2D eigenvalue weighted by molar-refractivity contribution is 8.27. The van der Waals surface area contributed by atoms with Crippen LogP contribution in [0, 0.1) is 27.7 Å². The van der Waals surface area contributed by atoms with Crippen LogP contribution in [0.15, 0.2) is 59.5 Å². The molecular formula is C30H30N2O4S2. The van der Waals surface area contributed by atoms with E-state index in [9.17, 15) is 9.59 Å². The molecule has 0 saturated carbocycles. The SMILES string of the molecule is CCOc1cc(/C=C2\SC(=S)N(c3ccc(C)cc3C)C2=O)ccc1OCC(=O)Nc1cc(C)cc(C)c1. The molecule has 196 valence electrons.